The zero-order valence-electron chi connectivity index (χ0n) is 10.9. The number of nitriles is 2. The lowest BCUT2D eigenvalue weighted by Gasteiger charge is -2.22. The highest BCUT2D eigenvalue weighted by molar-refractivity contribution is 7.89. The van der Waals surface area contributed by atoms with E-state index in [1.165, 1.54) is 23.5 Å². The standard InChI is InChI=1S/C13H15N3O2S/c1-11(7-9-14)16(2)19(17,18)13-5-3-12(4-6-13)8-10-15/h3-6,11H,7-8H2,1-2H3. The first kappa shape index (κ1) is 15.2. The lowest BCUT2D eigenvalue weighted by atomic mass is 10.2. The Kier molecular flexibility index (Phi) is 5.05. The smallest absolute Gasteiger partial charge is 0.207 e. The van der Waals surface area contributed by atoms with Gasteiger partial charge in [-0.2, -0.15) is 14.8 Å². The minimum absolute atomic E-state index is 0.141. The van der Waals surface area contributed by atoms with Crippen LogP contribution in [0.15, 0.2) is 29.2 Å². The van der Waals surface area contributed by atoms with E-state index in [2.05, 4.69) is 0 Å². The Morgan fingerprint density at radius 2 is 1.79 bits per heavy atom. The Labute approximate surface area is 113 Å². The first-order chi connectivity index (χ1) is 8.93. The summed E-state index contributed by atoms with van der Waals surface area (Å²) in [6.45, 7) is 1.69. The fourth-order valence-electron chi connectivity index (χ4n) is 1.53. The Balaban J connectivity index is 3.01. The predicted octanol–water partition coefficient (Wildman–Crippen LogP) is 1.68. The van der Waals surface area contributed by atoms with E-state index in [4.69, 9.17) is 10.5 Å². The Bertz CT molecular complexity index is 609. The van der Waals surface area contributed by atoms with Gasteiger partial charge in [0.05, 0.1) is 29.9 Å². The highest BCUT2D eigenvalue weighted by Gasteiger charge is 2.24. The van der Waals surface area contributed by atoms with E-state index in [0.717, 1.165) is 5.56 Å². The normalized spacial score (nSPS) is 12.7. The second kappa shape index (κ2) is 6.33. The molecule has 0 aliphatic heterocycles. The van der Waals surface area contributed by atoms with Gasteiger partial charge in [-0.05, 0) is 24.6 Å². The van der Waals surface area contributed by atoms with Crippen LogP contribution in [0.5, 0.6) is 0 Å². The molecule has 0 heterocycles. The van der Waals surface area contributed by atoms with Crippen molar-refractivity contribution in [2.24, 2.45) is 0 Å². The van der Waals surface area contributed by atoms with Crippen LogP contribution < -0.4 is 0 Å². The summed E-state index contributed by atoms with van der Waals surface area (Å²) < 4.78 is 25.7. The average molecular weight is 277 g/mol. The lowest BCUT2D eigenvalue weighted by Crippen LogP contribution is -2.34. The van der Waals surface area contributed by atoms with Crippen LogP contribution in [0, 0.1) is 22.7 Å². The molecule has 0 spiro atoms. The number of benzene rings is 1. The molecule has 1 atom stereocenters. The molecule has 0 fully saturated rings. The second-order valence-electron chi connectivity index (χ2n) is 4.21. The van der Waals surface area contributed by atoms with Gasteiger partial charge >= 0.3 is 0 Å². The topological polar surface area (TPSA) is 85.0 Å². The summed E-state index contributed by atoms with van der Waals surface area (Å²) in [5.74, 6) is 0. The van der Waals surface area contributed by atoms with Gasteiger partial charge in [0, 0.05) is 13.1 Å². The van der Waals surface area contributed by atoms with Gasteiger partial charge in [-0.3, -0.25) is 0 Å². The molecule has 100 valence electrons. The van der Waals surface area contributed by atoms with E-state index in [-0.39, 0.29) is 23.8 Å². The van der Waals surface area contributed by atoms with Gasteiger partial charge in [0.25, 0.3) is 0 Å². The van der Waals surface area contributed by atoms with E-state index in [0.29, 0.717) is 0 Å². The van der Waals surface area contributed by atoms with Crippen molar-refractivity contribution in [3.8, 4) is 12.1 Å². The van der Waals surface area contributed by atoms with Gasteiger partial charge in [-0.15, -0.1) is 0 Å². The van der Waals surface area contributed by atoms with Crippen LogP contribution in [0.4, 0.5) is 0 Å². The lowest BCUT2D eigenvalue weighted by molar-refractivity contribution is 0.393. The fraction of sp³-hybridized carbons (Fsp3) is 0.385. The molecule has 0 aliphatic rings. The van der Waals surface area contributed by atoms with Crippen LogP contribution in [0.3, 0.4) is 0 Å². The quantitative estimate of drug-likeness (QED) is 0.819. The van der Waals surface area contributed by atoms with E-state index in [9.17, 15) is 8.42 Å². The van der Waals surface area contributed by atoms with Crippen LogP contribution in [-0.4, -0.2) is 25.8 Å². The molecule has 0 saturated carbocycles. The molecule has 0 bridgehead atoms. The second-order valence-corrected chi connectivity index (χ2v) is 6.21. The molecule has 0 saturated heterocycles. The van der Waals surface area contributed by atoms with Crippen molar-refractivity contribution >= 4 is 10.0 Å². The molecule has 0 N–H and O–H groups in total. The largest absolute Gasteiger partial charge is 0.243 e. The van der Waals surface area contributed by atoms with Crippen LogP contribution >= 0.6 is 0 Å². The predicted molar refractivity (Wildman–Crippen MR) is 70.4 cm³/mol. The molecule has 1 unspecified atom stereocenters. The van der Waals surface area contributed by atoms with E-state index in [1.807, 2.05) is 12.1 Å². The SMILES string of the molecule is CC(CC#N)N(C)S(=O)(=O)c1ccc(CC#N)cc1. The monoisotopic (exact) mass is 277 g/mol. The molecule has 5 nitrogen and oxygen atoms in total. The average Bonchev–Trinajstić information content (AvgIpc) is 2.39. The van der Waals surface area contributed by atoms with Crippen molar-refractivity contribution in [2.45, 2.75) is 30.7 Å². The van der Waals surface area contributed by atoms with E-state index < -0.39 is 10.0 Å². The molecular weight excluding hydrogens is 262 g/mol. The summed E-state index contributed by atoms with van der Waals surface area (Å²) in [5, 5.41) is 17.2. The van der Waals surface area contributed by atoms with Crippen molar-refractivity contribution in [3.05, 3.63) is 29.8 Å². The minimum atomic E-state index is -3.59. The van der Waals surface area contributed by atoms with Crippen LogP contribution in [0.1, 0.15) is 18.9 Å². The van der Waals surface area contributed by atoms with Gasteiger partial charge in [0.1, 0.15) is 0 Å². The Hall–Kier alpha value is -1.89. The molecule has 1 aromatic carbocycles. The van der Waals surface area contributed by atoms with Gasteiger partial charge in [0.2, 0.25) is 10.0 Å². The van der Waals surface area contributed by atoms with Gasteiger partial charge in [-0.1, -0.05) is 12.1 Å². The summed E-state index contributed by atoms with van der Waals surface area (Å²) in [6, 6.07) is 9.79. The van der Waals surface area contributed by atoms with Crippen LogP contribution in [0.2, 0.25) is 0 Å². The zero-order valence-corrected chi connectivity index (χ0v) is 11.7. The maximum absolute atomic E-state index is 12.3. The third-order valence-electron chi connectivity index (χ3n) is 2.89. The molecule has 19 heavy (non-hydrogen) atoms. The van der Waals surface area contributed by atoms with Crippen LogP contribution in [0.25, 0.3) is 0 Å². The molecule has 1 rings (SSSR count). The number of rotatable bonds is 5. The van der Waals surface area contributed by atoms with Gasteiger partial charge in [0.15, 0.2) is 0 Å². The number of hydrogen-bond donors (Lipinski definition) is 0. The summed E-state index contributed by atoms with van der Waals surface area (Å²) >= 11 is 0. The Morgan fingerprint density at radius 1 is 1.21 bits per heavy atom. The van der Waals surface area contributed by atoms with E-state index >= 15 is 0 Å². The number of hydrogen-bond acceptors (Lipinski definition) is 4. The summed E-state index contributed by atoms with van der Waals surface area (Å²) in [6.07, 6.45) is 0.392. The van der Waals surface area contributed by atoms with Crippen molar-refractivity contribution in [1.29, 1.82) is 10.5 Å². The molecular formula is C13H15N3O2S. The van der Waals surface area contributed by atoms with Crippen molar-refractivity contribution in [3.63, 3.8) is 0 Å². The summed E-state index contributed by atoms with van der Waals surface area (Å²) in [4.78, 5) is 0.168. The first-order valence-electron chi connectivity index (χ1n) is 5.74. The molecule has 0 aliphatic carbocycles. The molecule has 0 radical (unpaired) electrons. The first-order valence-corrected chi connectivity index (χ1v) is 7.18. The Morgan fingerprint density at radius 3 is 2.26 bits per heavy atom. The molecule has 1 aromatic rings. The third kappa shape index (κ3) is 3.54. The maximum atomic E-state index is 12.3. The number of nitrogens with zero attached hydrogens (tertiary/aromatic N) is 3. The third-order valence-corrected chi connectivity index (χ3v) is 4.88. The van der Waals surface area contributed by atoms with Crippen LogP contribution in [-0.2, 0) is 16.4 Å². The van der Waals surface area contributed by atoms with Gasteiger partial charge in [-0.25, -0.2) is 8.42 Å². The summed E-state index contributed by atoms with van der Waals surface area (Å²) in [7, 11) is -2.13. The number of sulfonamides is 1. The van der Waals surface area contributed by atoms with Crippen molar-refractivity contribution in [2.75, 3.05) is 7.05 Å². The van der Waals surface area contributed by atoms with Crippen molar-refractivity contribution < 1.29 is 8.42 Å². The minimum Gasteiger partial charge on any atom is -0.207 e. The highest BCUT2D eigenvalue weighted by Crippen LogP contribution is 2.18. The molecule has 0 amide bonds. The van der Waals surface area contributed by atoms with E-state index in [1.54, 1.807) is 19.1 Å². The van der Waals surface area contributed by atoms with Gasteiger partial charge < -0.3 is 0 Å². The van der Waals surface area contributed by atoms with Crippen molar-refractivity contribution in [1.82, 2.24) is 4.31 Å². The molecule has 6 heteroatoms. The maximum Gasteiger partial charge on any atom is 0.243 e. The molecule has 0 aromatic heterocycles. The zero-order chi connectivity index (χ0) is 14.5. The highest BCUT2D eigenvalue weighted by atomic mass is 32.2. The summed E-state index contributed by atoms with van der Waals surface area (Å²) in [5.41, 5.74) is 0.772. The fourth-order valence-corrected chi connectivity index (χ4v) is 2.90.